The Hall–Kier alpha value is -2.19. The number of aromatic nitrogens is 1. The van der Waals surface area contributed by atoms with Crippen molar-refractivity contribution in [1.82, 2.24) is 5.32 Å². The van der Waals surface area contributed by atoms with Crippen molar-refractivity contribution < 1.29 is 28.4 Å². The fourth-order valence-electron chi connectivity index (χ4n) is 6.10. The maximum atomic E-state index is 12.9. The molecule has 0 bridgehead atoms. The third-order valence-electron chi connectivity index (χ3n) is 9.00. The number of rotatable bonds is 23. The summed E-state index contributed by atoms with van der Waals surface area (Å²) in [7, 11) is 1.84. The van der Waals surface area contributed by atoms with Gasteiger partial charge in [0.05, 0.1) is 0 Å². The van der Waals surface area contributed by atoms with Crippen molar-refractivity contribution in [1.29, 1.82) is 0 Å². The second kappa shape index (κ2) is 20.0. The Morgan fingerprint density at radius 3 is 1.82 bits per heavy atom. The third kappa shape index (κ3) is 14.3. The van der Waals surface area contributed by atoms with E-state index in [2.05, 4.69) is 12.2 Å². The molecule has 0 spiro atoms. The van der Waals surface area contributed by atoms with Crippen LogP contribution in [0.1, 0.15) is 149 Å². The lowest BCUT2D eigenvalue weighted by Gasteiger charge is -2.30. The zero-order valence-corrected chi connectivity index (χ0v) is 28.7. The molecule has 8 heteroatoms. The van der Waals surface area contributed by atoms with Crippen LogP contribution in [-0.4, -0.2) is 43.0 Å². The van der Waals surface area contributed by atoms with Gasteiger partial charge in [-0.3, -0.25) is 0 Å². The van der Waals surface area contributed by atoms with Crippen LogP contribution in [0.15, 0.2) is 24.4 Å². The Morgan fingerprint density at radius 2 is 1.32 bits per heavy atom. The first-order valence-electron chi connectivity index (χ1n) is 17.5. The average Bonchev–Trinajstić information content (AvgIpc) is 3.31. The zero-order valence-electron chi connectivity index (χ0n) is 28.7. The van der Waals surface area contributed by atoms with E-state index in [4.69, 9.17) is 19.9 Å². The molecule has 2 heterocycles. The van der Waals surface area contributed by atoms with Gasteiger partial charge in [0.25, 0.3) is 0 Å². The van der Waals surface area contributed by atoms with Gasteiger partial charge in [0.1, 0.15) is 31.5 Å². The van der Waals surface area contributed by atoms with Crippen LogP contribution < -0.4 is 15.6 Å². The van der Waals surface area contributed by atoms with Gasteiger partial charge in [-0.1, -0.05) is 109 Å². The second-order valence-electron chi connectivity index (χ2n) is 13.8. The number of hydrogen-bond donors (Lipinski definition) is 2. The molecule has 1 aliphatic heterocycles. The number of amides is 1. The highest BCUT2D eigenvalue weighted by atomic mass is 16.6. The summed E-state index contributed by atoms with van der Waals surface area (Å²) in [6.07, 6.45) is 24.0. The van der Waals surface area contributed by atoms with E-state index in [-0.39, 0.29) is 13.2 Å². The van der Waals surface area contributed by atoms with E-state index in [9.17, 15) is 9.59 Å². The SMILES string of the molecule is CCCCCCCCCCCCCCCCCCNC(=O)OCC1(C)CCC(C)(COC(=O)C(C)(N)c2cccc[n+]2C)O1. The van der Waals surface area contributed by atoms with Gasteiger partial charge < -0.3 is 25.3 Å². The van der Waals surface area contributed by atoms with Crippen molar-refractivity contribution in [3.8, 4) is 0 Å². The fraction of sp³-hybridized carbons (Fsp3) is 0.806. The molecule has 3 atom stereocenters. The first-order valence-corrected chi connectivity index (χ1v) is 17.5. The van der Waals surface area contributed by atoms with Gasteiger partial charge in [0.15, 0.2) is 11.7 Å². The highest BCUT2D eigenvalue weighted by Crippen LogP contribution is 2.38. The van der Waals surface area contributed by atoms with Crippen LogP contribution in [-0.2, 0) is 31.6 Å². The summed E-state index contributed by atoms with van der Waals surface area (Å²) in [5, 5.41) is 2.87. The highest BCUT2D eigenvalue weighted by Gasteiger charge is 2.47. The lowest BCUT2D eigenvalue weighted by atomic mass is 9.97. The van der Waals surface area contributed by atoms with Crippen LogP contribution in [0.2, 0.25) is 0 Å². The monoisotopic (exact) mass is 618 g/mol. The predicted molar refractivity (Wildman–Crippen MR) is 176 cm³/mol. The number of nitrogens with two attached hydrogens (primary N) is 1. The fourth-order valence-corrected chi connectivity index (χ4v) is 6.10. The van der Waals surface area contributed by atoms with Crippen LogP contribution >= 0.6 is 0 Å². The molecule has 8 nitrogen and oxygen atoms in total. The molecule has 0 radical (unpaired) electrons. The van der Waals surface area contributed by atoms with Gasteiger partial charge >= 0.3 is 12.1 Å². The van der Waals surface area contributed by atoms with Crippen molar-refractivity contribution in [3.63, 3.8) is 0 Å². The minimum absolute atomic E-state index is 0.0796. The van der Waals surface area contributed by atoms with Crippen molar-refractivity contribution in [2.75, 3.05) is 19.8 Å². The number of alkyl carbamates (subject to hydrolysis) is 1. The van der Waals surface area contributed by atoms with E-state index in [0.717, 1.165) is 12.8 Å². The van der Waals surface area contributed by atoms with Gasteiger partial charge in [0, 0.05) is 18.7 Å². The number of esters is 1. The molecule has 1 amide bonds. The summed E-state index contributed by atoms with van der Waals surface area (Å²) in [6.45, 7) is 8.63. The topological polar surface area (TPSA) is 104 Å². The normalized spacial score (nSPS) is 21.1. The molecule has 0 saturated carbocycles. The Kier molecular flexibility index (Phi) is 17.3. The summed E-state index contributed by atoms with van der Waals surface area (Å²) in [5.41, 5.74) is 4.43. The first-order chi connectivity index (χ1) is 21.0. The molecule has 3 N–H and O–H groups in total. The Bertz CT molecular complexity index is 971. The number of hydrogen-bond acceptors (Lipinski definition) is 6. The molecule has 0 aliphatic carbocycles. The molecule has 3 unspecified atom stereocenters. The van der Waals surface area contributed by atoms with Crippen LogP contribution in [0, 0.1) is 0 Å². The van der Waals surface area contributed by atoms with E-state index in [1.54, 1.807) is 6.92 Å². The minimum Gasteiger partial charge on any atom is -0.461 e. The summed E-state index contributed by atoms with van der Waals surface area (Å²) in [5.74, 6) is -0.512. The number of pyridine rings is 1. The maximum absolute atomic E-state index is 12.9. The van der Waals surface area contributed by atoms with Crippen LogP contribution in [0.5, 0.6) is 0 Å². The Morgan fingerprint density at radius 1 is 0.841 bits per heavy atom. The number of nitrogens with one attached hydrogen (secondary N) is 1. The minimum atomic E-state index is -1.29. The standard InChI is InChI=1S/C36H63N3O5/c1-6-7-8-9-10-11-12-13-14-15-16-17-18-19-20-22-27-38-33(41)43-30-35(3)26-25-34(2,44-35)29-42-32(40)36(4,37)31-24-21-23-28-39(31)5/h21,23-24,28H,6-20,22,25-27,29-30,37H2,1-5H3/p+1. The number of carbonyl (C=O) groups is 2. The Labute approximate surface area is 268 Å². The molecule has 44 heavy (non-hydrogen) atoms. The molecular formula is C36H64N3O5+. The predicted octanol–water partition coefficient (Wildman–Crippen LogP) is 7.54. The summed E-state index contributed by atoms with van der Waals surface area (Å²) in [6, 6.07) is 5.54. The molecule has 1 fully saturated rings. The lowest BCUT2D eigenvalue weighted by molar-refractivity contribution is -0.682. The van der Waals surface area contributed by atoms with Gasteiger partial charge in [-0.05, 0) is 40.0 Å². The molecular weight excluding hydrogens is 554 g/mol. The smallest absolute Gasteiger partial charge is 0.407 e. The summed E-state index contributed by atoms with van der Waals surface area (Å²) < 4.78 is 19.2. The van der Waals surface area contributed by atoms with E-state index in [0.29, 0.717) is 25.1 Å². The molecule has 1 aliphatic rings. The molecule has 2 rings (SSSR count). The van der Waals surface area contributed by atoms with Gasteiger partial charge in [0.2, 0.25) is 5.69 Å². The molecule has 1 aromatic rings. The number of nitrogens with zero attached hydrogens (tertiary/aromatic N) is 1. The maximum Gasteiger partial charge on any atom is 0.407 e. The largest absolute Gasteiger partial charge is 0.461 e. The van der Waals surface area contributed by atoms with Crippen molar-refractivity contribution in [2.24, 2.45) is 12.8 Å². The highest BCUT2D eigenvalue weighted by molar-refractivity contribution is 5.80. The van der Waals surface area contributed by atoms with Gasteiger partial charge in [-0.2, -0.15) is 0 Å². The average molecular weight is 619 g/mol. The van der Waals surface area contributed by atoms with Gasteiger partial charge in [-0.15, -0.1) is 0 Å². The number of carbonyl (C=O) groups excluding carboxylic acids is 2. The number of unbranched alkanes of at least 4 members (excludes halogenated alkanes) is 15. The molecule has 1 aromatic heterocycles. The van der Waals surface area contributed by atoms with Crippen molar-refractivity contribution in [3.05, 3.63) is 30.1 Å². The van der Waals surface area contributed by atoms with Crippen LogP contribution in [0.4, 0.5) is 4.79 Å². The van der Waals surface area contributed by atoms with Crippen molar-refractivity contribution >= 4 is 12.1 Å². The molecule has 0 aromatic carbocycles. The summed E-state index contributed by atoms with van der Waals surface area (Å²) >= 11 is 0. The van der Waals surface area contributed by atoms with Crippen LogP contribution in [0.25, 0.3) is 0 Å². The first kappa shape index (κ1) is 38.0. The van der Waals surface area contributed by atoms with E-state index in [1.807, 2.05) is 49.9 Å². The van der Waals surface area contributed by atoms with Crippen LogP contribution in [0.3, 0.4) is 0 Å². The Balaban J connectivity index is 1.49. The van der Waals surface area contributed by atoms with E-state index in [1.165, 1.54) is 89.9 Å². The number of ether oxygens (including phenoxy) is 3. The van der Waals surface area contributed by atoms with E-state index >= 15 is 0 Å². The zero-order chi connectivity index (χ0) is 32.3. The second-order valence-corrected chi connectivity index (χ2v) is 13.8. The molecule has 252 valence electrons. The van der Waals surface area contributed by atoms with Crippen molar-refractivity contribution in [2.45, 2.75) is 160 Å². The van der Waals surface area contributed by atoms with E-state index < -0.39 is 28.8 Å². The quantitative estimate of drug-likeness (QED) is 0.0746. The van der Waals surface area contributed by atoms with Gasteiger partial charge in [-0.25, -0.2) is 14.2 Å². The third-order valence-corrected chi connectivity index (χ3v) is 9.00. The molecule has 1 saturated heterocycles. The lowest BCUT2D eigenvalue weighted by Crippen LogP contribution is -2.53. The number of aryl methyl sites for hydroxylation is 1. The summed E-state index contributed by atoms with van der Waals surface area (Å²) in [4.78, 5) is 25.2.